The van der Waals surface area contributed by atoms with Crippen molar-refractivity contribution in [1.29, 1.82) is 0 Å². The van der Waals surface area contributed by atoms with Gasteiger partial charge in [-0.15, -0.1) is 0 Å². The molecule has 1 heterocycles. The van der Waals surface area contributed by atoms with Crippen LogP contribution in [-0.4, -0.2) is 63.9 Å². The smallest absolute Gasteiger partial charge is 0.251 e. The van der Waals surface area contributed by atoms with Crippen LogP contribution in [0.5, 0.6) is 0 Å². The van der Waals surface area contributed by atoms with E-state index in [9.17, 15) is 13.2 Å². The zero-order chi connectivity index (χ0) is 22.4. The predicted octanol–water partition coefficient (Wildman–Crippen LogP) is 3.30. The fraction of sp³-hybridized carbons (Fsp3) is 0.458. The predicted molar refractivity (Wildman–Crippen MR) is 123 cm³/mol. The first-order valence-electron chi connectivity index (χ1n) is 10.8. The van der Waals surface area contributed by atoms with Crippen molar-refractivity contribution in [3.05, 3.63) is 53.6 Å². The molecule has 0 unspecified atom stereocenters. The molecule has 1 amide bonds. The maximum Gasteiger partial charge on any atom is 0.251 e. The van der Waals surface area contributed by atoms with E-state index < -0.39 is 9.84 Å². The molecule has 0 aromatic heterocycles. The maximum absolute atomic E-state index is 13.0. The van der Waals surface area contributed by atoms with Gasteiger partial charge in [0.2, 0.25) is 0 Å². The summed E-state index contributed by atoms with van der Waals surface area (Å²) in [6, 6.07) is 12.7. The fourth-order valence-corrected chi connectivity index (χ4v) is 5.12. The zero-order valence-electron chi connectivity index (χ0n) is 18.6. The molecule has 168 valence electrons. The van der Waals surface area contributed by atoms with Gasteiger partial charge in [-0.05, 0) is 49.6 Å². The van der Waals surface area contributed by atoms with Gasteiger partial charge in [-0.25, -0.2) is 8.42 Å². The van der Waals surface area contributed by atoms with Crippen LogP contribution in [-0.2, 0) is 14.6 Å². The number of nitrogens with one attached hydrogen (secondary N) is 1. The number of amides is 1. The SMILES string of the molecule is CCCS(=O)(=O)c1cc(C(=O)N[C@@H](C)CN2CCOCC2)cc(-c2ccc(C)cc2)c1. The van der Waals surface area contributed by atoms with Crippen LogP contribution in [0, 0.1) is 6.92 Å². The number of hydrogen-bond acceptors (Lipinski definition) is 5. The van der Waals surface area contributed by atoms with Crippen LogP contribution >= 0.6 is 0 Å². The molecule has 1 N–H and O–H groups in total. The van der Waals surface area contributed by atoms with Gasteiger partial charge in [0.1, 0.15) is 0 Å². The quantitative estimate of drug-likeness (QED) is 0.676. The van der Waals surface area contributed by atoms with Crippen molar-refractivity contribution in [2.75, 3.05) is 38.6 Å². The first-order chi connectivity index (χ1) is 14.8. The second kappa shape index (κ2) is 10.4. The number of aryl methyl sites for hydroxylation is 1. The van der Waals surface area contributed by atoms with E-state index in [1.807, 2.05) is 45.0 Å². The van der Waals surface area contributed by atoms with Gasteiger partial charge in [0.25, 0.3) is 5.91 Å². The van der Waals surface area contributed by atoms with Gasteiger partial charge in [0.05, 0.1) is 23.9 Å². The lowest BCUT2D eigenvalue weighted by atomic mass is 10.0. The summed E-state index contributed by atoms with van der Waals surface area (Å²) >= 11 is 0. The second-order valence-corrected chi connectivity index (χ2v) is 10.3. The third-order valence-electron chi connectivity index (χ3n) is 5.40. The highest BCUT2D eigenvalue weighted by atomic mass is 32.2. The van der Waals surface area contributed by atoms with E-state index in [1.54, 1.807) is 12.1 Å². The molecule has 1 aliphatic heterocycles. The lowest BCUT2D eigenvalue weighted by molar-refractivity contribution is 0.0342. The Kier molecular flexibility index (Phi) is 7.86. The molecule has 1 saturated heterocycles. The molecule has 1 aliphatic rings. The Bertz CT molecular complexity index is 997. The molecule has 0 aliphatic carbocycles. The van der Waals surface area contributed by atoms with Crippen LogP contribution in [0.4, 0.5) is 0 Å². The molecule has 2 aromatic rings. The third kappa shape index (κ3) is 6.38. The van der Waals surface area contributed by atoms with E-state index in [2.05, 4.69) is 10.2 Å². The summed E-state index contributed by atoms with van der Waals surface area (Å²) in [5.74, 6) is -0.207. The van der Waals surface area contributed by atoms with E-state index in [0.29, 0.717) is 25.2 Å². The molecule has 0 saturated carbocycles. The molecule has 7 heteroatoms. The van der Waals surface area contributed by atoms with Crippen molar-refractivity contribution >= 4 is 15.7 Å². The lowest BCUT2D eigenvalue weighted by Crippen LogP contribution is -2.46. The minimum absolute atomic E-state index is 0.0544. The van der Waals surface area contributed by atoms with Crippen molar-refractivity contribution < 1.29 is 17.9 Å². The molecule has 1 fully saturated rings. The molecule has 1 atom stereocenters. The standard InChI is InChI=1S/C24H32N2O4S/c1-4-13-31(28,29)23-15-21(20-7-5-18(2)6-8-20)14-22(16-23)24(27)25-19(3)17-26-9-11-30-12-10-26/h5-8,14-16,19H,4,9-13,17H2,1-3H3,(H,25,27)/t19-/m0/s1. The van der Waals surface area contributed by atoms with Gasteiger partial charge in [0.15, 0.2) is 9.84 Å². The largest absolute Gasteiger partial charge is 0.379 e. The topological polar surface area (TPSA) is 75.7 Å². The van der Waals surface area contributed by atoms with Gasteiger partial charge in [-0.1, -0.05) is 36.8 Å². The summed E-state index contributed by atoms with van der Waals surface area (Å²) in [5, 5.41) is 3.03. The van der Waals surface area contributed by atoms with Gasteiger partial charge in [-0.2, -0.15) is 0 Å². The molecule has 0 spiro atoms. The number of sulfone groups is 1. The van der Waals surface area contributed by atoms with Crippen molar-refractivity contribution in [2.45, 2.75) is 38.1 Å². The lowest BCUT2D eigenvalue weighted by Gasteiger charge is -2.29. The second-order valence-electron chi connectivity index (χ2n) is 8.22. The van der Waals surface area contributed by atoms with Gasteiger partial charge in [0, 0.05) is 31.2 Å². The number of hydrogen-bond donors (Lipinski definition) is 1. The number of nitrogens with zero attached hydrogens (tertiary/aromatic N) is 1. The number of ether oxygens (including phenoxy) is 1. The molecule has 3 rings (SSSR count). The average Bonchev–Trinajstić information content (AvgIpc) is 2.74. The Morgan fingerprint density at radius 2 is 1.77 bits per heavy atom. The Morgan fingerprint density at radius 1 is 1.10 bits per heavy atom. The Labute approximate surface area is 185 Å². The fourth-order valence-electron chi connectivity index (χ4n) is 3.73. The molecule has 31 heavy (non-hydrogen) atoms. The van der Waals surface area contributed by atoms with Crippen molar-refractivity contribution in [1.82, 2.24) is 10.2 Å². The Morgan fingerprint density at radius 3 is 2.42 bits per heavy atom. The number of carbonyl (C=O) groups is 1. The first-order valence-corrected chi connectivity index (χ1v) is 12.5. The minimum atomic E-state index is -3.46. The summed E-state index contributed by atoms with van der Waals surface area (Å²) in [5.41, 5.74) is 3.09. The van der Waals surface area contributed by atoms with Crippen LogP contribution in [0.25, 0.3) is 11.1 Å². The molecule has 0 bridgehead atoms. The molecular formula is C24H32N2O4S. The van der Waals surface area contributed by atoms with Gasteiger partial charge >= 0.3 is 0 Å². The summed E-state index contributed by atoms with van der Waals surface area (Å²) in [4.78, 5) is 15.5. The van der Waals surface area contributed by atoms with Gasteiger partial charge in [-0.3, -0.25) is 9.69 Å². The van der Waals surface area contributed by atoms with Gasteiger partial charge < -0.3 is 10.1 Å². The molecule has 0 radical (unpaired) electrons. The number of rotatable bonds is 8. The monoisotopic (exact) mass is 444 g/mol. The highest BCUT2D eigenvalue weighted by molar-refractivity contribution is 7.91. The average molecular weight is 445 g/mol. The van der Waals surface area contributed by atoms with E-state index in [1.165, 1.54) is 6.07 Å². The van der Waals surface area contributed by atoms with Crippen LogP contribution in [0.2, 0.25) is 0 Å². The van der Waals surface area contributed by atoms with E-state index >= 15 is 0 Å². The summed E-state index contributed by atoms with van der Waals surface area (Å²) in [6.45, 7) is 9.64. The van der Waals surface area contributed by atoms with E-state index in [-0.39, 0.29) is 22.6 Å². The number of carbonyl (C=O) groups excluding carboxylic acids is 1. The molecule has 2 aromatic carbocycles. The van der Waals surface area contributed by atoms with E-state index in [0.717, 1.165) is 36.3 Å². The van der Waals surface area contributed by atoms with Crippen molar-refractivity contribution in [3.63, 3.8) is 0 Å². The van der Waals surface area contributed by atoms with Crippen LogP contribution in [0.15, 0.2) is 47.4 Å². The first kappa shape index (κ1) is 23.4. The summed E-state index contributed by atoms with van der Waals surface area (Å²) < 4.78 is 30.9. The third-order valence-corrected chi connectivity index (χ3v) is 7.30. The van der Waals surface area contributed by atoms with Crippen molar-refractivity contribution in [3.8, 4) is 11.1 Å². The number of morpholine rings is 1. The minimum Gasteiger partial charge on any atom is -0.379 e. The normalized spacial score (nSPS) is 16.1. The highest BCUT2D eigenvalue weighted by Gasteiger charge is 2.20. The maximum atomic E-state index is 13.0. The highest BCUT2D eigenvalue weighted by Crippen LogP contribution is 2.26. The van der Waals surface area contributed by atoms with Crippen LogP contribution < -0.4 is 5.32 Å². The zero-order valence-corrected chi connectivity index (χ0v) is 19.4. The Hall–Kier alpha value is -2.22. The van der Waals surface area contributed by atoms with Crippen LogP contribution in [0.1, 0.15) is 36.2 Å². The Balaban J connectivity index is 1.87. The molecular weight excluding hydrogens is 412 g/mol. The van der Waals surface area contributed by atoms with Crippen molar-refractivity contribution in [2.24, 2.45) is 0 Å². The summed E-state index contributed by atoms with van der Waals surface area (Å²) in [6.07, 6.45) is 0.523. The van der Waals surface area contributed by atoms with Crippen LogP contribution in [0.3, 0.4) is 0 Å². The summed E-state index contributed by atoms with van der Waals surface area (Å²) in [7, 11) is -3.46. The number of benzene rings is 2. The van der Waals surface area contributed by atoms with E-state index in [4.69, 9.17) is 4.74 Å². The molecule has 6 nitrogen and oxygen atoms in total.